The van der Waals surface area contributed by atoms with Crippen LogP contribution in [0.3, 0.4) is 0 Å². The SMILES string of the molecule is COc1ccc(Oc2nc(OC3CCCCCC3)nc(OC3CCN(C)CC3)n2)cc1Cl. The second kappa shape index (κ2) is 11.0. The Kier molecular flexibility index (Phi) is 7.86. The zero-order valence-corrected chi connectivity index (χ0v) is 19.5. The fourth-order valence-corrected chi connectivity index (χ4v) is 4.30. The van der Waals surface area contributed by atoms with Crippen LogP contribution in [0.15, 0.2) is 18.2 Å². The first-order valence-electron chi connectivity index (χ1n) is 11.4. The van der Waals surface area contributed by atoms with E-state index in [0.717, 1.165) is 51.6 Å². The van der Waals surface area contributed by atoms with Crippen LogP contribution in [0, 0.1) is 0 Å². The molecule has 0 amide bonds. The molecule has 0 bridgehead atoms. The van der Waals surface area contributed by atoms with Crippen molar-refractivity contribution in [3.63, 3.8) is 0 Å². The van der Waals surface area contributed by atoms with Crippen molar-refractivity contribution in [3.05, 3.63) is 23.2 Å². The lowest BCUT2D eigenvalue weighted by Gasteiger charge is -2.28. The van der Waals surface area contributed by atoms with E-state index in [1.807, 2.05) is 0 Å². The van der Waals surface area contributed by atoms with Crippen LogP contribution in [0.2, 0.25) is 5.02 Å². The van der Waals surface area contributed by atoms with Crippen LogP contribution < -0.4 is 18.9 Å². The van der Waals surface area contributed by atoms with Gasteiger partial charge in [-0.05, 0) is 57.7 Å². The molecule has 2 fully saturated rings. The van der Waals surface area contributed by atoms with Crippen LogP contribution in [0.5, 0.6) is 29.5 Å². The summed E-state index contributed by atoms with van der Waals surface area (Å²) in [6, 6.07) is 5.73. The van der Waals surface area contributed by atoms with Crippen LogP contribution >= 0.6 is 11.6 Å². The number of nitrogens with zero attached hydrogens (tertiary/aromatic N) is 4. The van der Waals surface area contributed by atoms with E-state index in [1.54, 1.807) is 25.3 Å². The summed E-state index contributed by atoms with van der Waals surface area (Å²) in [6.45, 7) is 1.96. The zero-order chi connectivity index (χ0) is 22.3. The molecule has 0 N–H and O–H groups in total. The third-order valence-corrected chi connectivity index (χ3v) is 6.21. The van der Waals surface area contributed by atoms with Crippen molar-refractivity contribution >= 4 is 11.6 Å². The fourth-order valence-electron chi connectivity index (χ4n) is 4.05. The van der Waals surface area contributed by atoms with Crippen LogP contribution in [-0.2, 0) is 0 Å². The number of aromatic nitrogens is 3. The number of hydrogen-bond acceptors (Lipinski definition) is 8. The minimum absolute atomic E-state index is 0.0580. The maximum absolute atomic E-state index is 6.23. The van der Waals surface area contributed by atoms with Gasteiger partial charge in [0.05, 0.1) is 12.1 Å². The standard InChI is InChI=1S/C23H31ClN4O4/c1-28-13-11-17(12-14-28)31-22-25-21(30-16-7-5-3-4-6-8-16)26-23(27-22)32-18-9-10-20(29-2)19(24)15-18/h9-10,15-17H,3-8,11-14H2,1-2H3. The molecule has 1 saturated heterocycles. The third kappa shape index (κ3) is 6.36. The van der Waals surface area contributed by atoms with Crippen molar-refractivity contribution in [3.8, 4) is 29.5 Å². The van der Waals surface area contributed by atoms with Crippen molar-refractivity contribution < 1.29 is 18.9 Å². The van der Waals surface area contributed by atoms with Crippen LogP contribution in [-0.4, -0.2) is 59.3 Å². The molecule has 0 atom stereocenters. The second-order valence-corrected chi connectivity index (χ2v) is 8.84. The van der Waals surface area contributed by atoms with Gasteiger partial charge in [-0.1, -0.05) is 24.4 Å². The summed E-state index contributed by atoms with van der Waals surface area (Å²) >= 11 is 6.23. The topological polar surface area (TPSA) is 78.8 Å². The highest BCUT2D eigenvalue weighted by molar-refractivity contribution is 6.32. The molecule has 1 aliphatic carbocycles. The Labute approximate surface area is 194 Å². The van der Waals surface area contributed by atoms with Gasteiger partial charge >= 0.3 is 18.0 Å². The monoisotopic (exact) mass is 462 g/mol. The Bertz CT molecular complexity index is 884. The predicted molar refractivity (Wildman–Crippen MR) is 121 cm³/mol. The van der Waals surface area contributed by atoms with Crippen molar-refractivity contribution in [1.29, 1.82) is 0 Å². The van der Waals surface area contributed by atoms with Gasteiger partial charge < -0.3 is 23.8 Å². The molecule has 32 heavy (non-hydrogen) atoms. The molecule has 174 valence electrons. The van der Waals surface area contributed by atoms with E-state index in [9.17, 15) is 0 Å². The maximum Gasteiger partial charge on any atom is 0.331 e. The zero-order valence-electron chi connectivity index (χ0n) is 18.8. The van der Waals surface area contributed by atoms with Gasteiger partial charge in [0.15, 0.2) is 0 Å². The Morgan fingerprint density at radius 3 is 2.03 bits per heavy atom. The summed E-state index contributed by atoms with van der Waals surface area (Å²) in [4.78, 5) is 15.5. The molecule has 1 saturated carbocycles. The fraction of sp³-hybridized carbons (Fsp3) is 0.609. The number of hydrogen-bond donors (Lipinski definition) is 0. The molecule has 2 heterocycles. The van der Waals surface area contributed by atoms with Crippen LogP contribution in [0.4, 0.5) is 0 Å². The first-order valence-corrected chi connectivity index (χ1v) is 11.8. The smallest absolute Gasteiger partial charge is 0.331 e. The van der Waals surface area contributed by atoms with Gasteiger partial charge in [0.2, 0.25) is 0 Å². The minimum Gasteiger partial charge on any atom is -0.495 e. The van der Waals surface area contributed by atoms with Crippen molar-refractivity contribution in [2.24, 2.45) is 0 Å². The molecule has 4 rings (SSSR count). The molecule has 8 nitrogen and oxygen atoms in total. The Morgan fingerprint density at radius 1 is 0.844 bits per heavy atom. The van der Waals surface area contributed by atoms with Gasteiger partial charge in [0.1, 0.15) is 23.7 Å². The molecule has 0 radical (unpaired) electrons. The lowest BCUT2D eigenvalue weighted by Crippen LogP contribution is -2.36. The average molecular weight is 463 g/mol. The molecular weight excluding hydrogens is 432 g/mol. The van der Waals surface area contributed by atoms with Crippen molar-refractivity contribution in [2.45, 2.75) is 63.6 Å². The van der Waals surface area contributed by atoms with E-state index >= 15 is 0 Å². The van der Waals surface area contributed by atoms with Crippen molar-refractivity contribution in [1.82, 2.24) is 19.9 Å². The molecule has 0 spiro atoms. The summed E-state index contributed by atoms with van der Waals surface area (Å²) in [6.07, 6.45) is 8.80. The number of rotatable bonds is 7. The molecule has 9 heteroatoms. The molecular formula is C23H31ClN4O4. The molecule has 1 aliphatic heterocycles. The maximum atomic E-state index is 6.23. The van der Waals surface area contributed by atoms with E-state index in [2.05, 4.69) is 26.9 Å². The molecule has 1 aromatic heterocycles. The molecule has 2 aliphatic rings. The molecule has 1 aromatic carbocycles. The molecule has 2 aromatic rings. The quantitative estimate of drug-likeness (QED) is 0.537. The first-order chi connectivity index (χ1) is 15.6. The minimum atomic E-state index is 0.0580. The number of likely N-dealkylation sites (tertiary alicyclic amines) is 1. The number of ether oxygens (including phenoxy) is 4. The van der Waals surface area contributed by atoms with E-state index in [0.29, 0.717) is 16.5 Å². The van der Waals surface area contributed by atoms with Crippen molar-refractivity contribution in [2.75, 3.05) is 27.2 Å². The highest BCUT2D eigenvalue weighted by Crippen LogP contribution is 2.31. The summed E-state index contributed by atoms with van der Waals surface area (Å²) in [5, 5.41) is 0.441. The highest BCUT2D eigenvalue weighted by Gasteiger charge is 2.22. The highest BCUT2D eigenvalue weighted by atomic mass is 35.5. The summed E-state index contributed by atoms with van der Waals surface area (Å²) in [7, 11) is 3.68. The number of benzene rings is 1. The van der Waals surface area contributed by atoms with Gasteiger partial charge in [-0.25, -0.2) is 0 Å². The predicted octanol–water partition coefficient (Wildman–Crippen LogP) is 4.90. The van der Waals surface area contributed by atoms with Gasteiger partial charge in [0.25, 0.3) is 0 Å². The first kappa shape index (κ1) is 22.9. The van der Waals surface area contributed by atoms with Gasteiger partial charge in [-0.3, -0.25) is 0 Å². The average Bonchev–Trinajstić information content (AvgIpc) is 3.04. The lowest BCUT2D eigenvalue weighted by atomic mass is 10.1. The van der Waals surface area contributed by atoms with Crippen LogP contribution in [0.1, 0.15) is 51.4 Å². The Morgan fingerprint density at radius 2 is 1.44 bits per heavy atom. The third-order valence-electron chi connectivity index (χ3n) is 5.92. The molecule has 0 unspecified atom stereocenters. The Balaban J connectivity index is 1.53. The van der Waals surface area contributed by atoms with E-state index in [1.165, 1.54) is 12.8 Å². The summed E-state index contributed by atoms with van der Waals surface area (Å²) in [5.41, 5.74) is 0. The van der Waals surface area contributed by atoms with Gasteiger partial charge in [-0.15, -0.1) is 15.0 Å². The largest absolute Gasteiger partial charge is 0.495 e. The van der Waals surface area contributed by atoms with Gasteiger partial charge in [0, 0.05) is 19.2 Å². The Hall–Kier alpha value is -2.32. The van der Waals surface area contributed by atoms with Crippen LogP contribution in [0.25, 0.3) is 0 Å². The number of methoxy groups -OCH3 is 1. The number of halogens is 1. The van der Waals surface area contributed by atoms with Gasteiger partial charge in [-0.2, -0.15) is 0 Å². The summed E-state index contributed by atoms with van der Waals surface area (Å²) < 4.78 is 23.3. The summed E-state index contributed by atoms with van der Waals surface area (Å²) in [5.74, 6) is 1.06. The normalized spacial score (nSPS) is 18.7. The number of piperidine rings is 1. The van der Waals surface area contributed by atoms with E-state index in [4.69, 9.17) is 30.5 Å². The lowest BCUT2D eigenvalue weighted by molar-refractivity contribution is 0.1000. The van der Waals surface area contributed by atoms with E-state index < -0.39 is 0 Å². The second-order valence-electron chi connectivity index (χ2n) is 8.43. The van der Waals surface area contributed by atoms with E-state index in [-0.39, 0.29) is 30.2 Å².